The van der Waals surface area contributed by atoms with Gasteiger partial charge in [-0.25, -0.2) is 9.97 Å². The Morgan fingerprint density at radius 1 is 1.29 bits per heavy atom. The molecule has 0 aliphatic rings. The van der Waals surface area contributed by atoms with E-state index in [1.165, 1.54) is 6.20 Å². The van der Waals surface area contributed by atoms with Crippen LogP contribution in [0.15, 0.2) is 41.1 Å². The molecule has 2 rings (SSSR count). The first-order valence-corrected chi connectivity index (χ1v) is 7.46. The van der Waals surface area contributed by atoms with Crippen molar-refractivity contribution < 1.29 is 4.79 Å². The van der Waals surface area contributed by atoms with Crippen molar-refractivity contribution >= 4 is 33.3 Å². The van der Waals surface area contributed by atoms with Gasteiger partial charge in [0.1, 0.15) is 11.5 Å². The highest BCUT2D eigenvalue weighted by molar-refractivity contribution is 9.10. The summed E-state index contributed by atoms with van der Waals surface area (Å²) >= 11 is 3.41. The van der Waals surface area contributed by atoms with E-state index in [-0.39, 0.29) is 5.91 Å². The van der Waals surface area contributed by atoms with Gasteiger partial charge >= 0.3 is 0 Å². The summed E-state index contributed by atoms with van der Waals surface area (Å²) in [6, 6.07) is 7.73. The summed E-state index contributed by atoms with van der Waals surface area (Å²) in [5.41, 5.74) is 1.21. The molecule has 0 unspecified atom stereocenters. The quantitative estimate of drug-likeness (QED) is 0.869. The van der Waals surface area contributed by atoms with Crippen LogP contribution in [0.5, 0.6) is 0 Å². The molecule has 0 aliphatic carbocycles. The number of hydrogen-bond acceptors (Lipinski definition) is 4. The Labute approximate surface area is 132 Å². The first-order valence-electron chi connectivity index (χ1n) is 6.67. The average molecular weight is 349 g/mol. The summed E-state index contributed by atoms with van der Waals surface area (Å²) in [6.45, 7) is 4.70. The van der Waals surface area contributed by atoms with Crippen molar-refractivity contribution in [3.8, 4) is 0 Å². The van der Waals surface area contributed by atoms with Crippen LogP contribution in [0.3, 0.4) is 0 Å². The summed E-state index contributed by atoms with van der Waals surface area (Å²) in [4.78, 5) is 20.2. The minimum Gasteiger partial charge on any atom is -0.350 e. The maximum Gasteiger partial charge on any atom is 0.271 e. The molecule has 1 amide bonds. The van der Waals surface area contributed by atoms with Gasteiger partial charge in [-0.2, -0.15) is 0 Å². The highest BCUT2D eigenvalue weighted by Gasteiger charge is 2.08. The molecule has 6 heteroatoms. The largest absolute Gasteiger partial charge is 0.350 e. The highest BCUT2D eigenvalue weighted by Crippen LogP contribution is 2.18. The molecule has 0 aliphatic heterocycles. The number of benzene rings is 1. The number of hydrogen-bond donors (Lipinski definition) is 2. The molecule has 0 fully saturated rings. The van der Waals surface area contributed by atoms with E-state index in [4.69, 9.17) is 0 Å². The van der Waals surface area contributed by atoms with Gasteiger partial charge in [0.15, 0.2) is 0 Å². The second-order valence-corrected chi connectivity index (χ2v) is 5.94. The number of nitrogens with one attached hydrogen (secondary N) is 2. The van der Waals surface area contributed by atoms with Gasteiger partial charge in [0.25, 0.3) is 5.91 Å². The monoisotopic (exact) mass is 348 g/mol. The molecule has 0 spiro atoms. The molecule has 0 saturated carbocycles. The number of carbonyl (C=O) groups excluding carboxylic acids is 1. The van der Waals surface area contributed by atoms with Crippen molar-refractivity contribution in [3.63, 3.8) is 0 Å². The molecule has 0 radical (unpaired) electrons. The van der Waals surface area contributed by atoms with Crippen molar-refractivity contribution in [1.29, 1.82) is 0 Å². The summed E-state index contributed by atoms with van der Waals surface area (Å²) in [5, 5.41) is 5.93. The zero-order valence-electron chi connectivity index (χ0n) is 11.9. The maximum atomic E-state index is 11.8. The molecule has 0 atom stereocenters. The van der Waals surface area contributed by atoms with E-state index >= 15 is 0 Å². The average Bonchev–Trinajstić information content (AvgIpc) is 2.45. The van der Waals surface area contributed by atoms with Gasteiger partial charge in [-0.3, -0.25) is 4.79 Å². The summed E-state index contributed by atoms with van der Waals surface area (Å²) < 4.78 is 0.977. The number of carbonyl (C=O) groups is 1. The van der Waals surface area contributed by atoms with Crippen molar-refractivity contribution in [2.24, 2.45) is 5.92 Å². The fourth-order valence-electron chi connectivity index (χ4n) is 1.61. The third-order valence-electron chi connectivity index (χ3n) is 2.65. The van der Waals surface area contributed by atoms with Gasteiger partial charge in [-0.05, 0) is 24.1 Å². The molecular weight excluding hydrogens is 332 g/mol. The lowest BCUT2D eigenvalue weighted by molar-refractivity contribution is 0.0943. The fourth-order valence-corrected chi connectivity index (χ4v) is 2.01. The standard InChI is InChI=1S/C15H17BrN4O/c1-10(2)7-19-15(21)13-8-18-14(9-17-13)20-12-5-3-4-11(16)6-12/h3-6,8-10H,7H2,1-2H3,(H,18,20)(H,19,21). The third-order valence-corrected chi connectivity index (χ3v) is 3.15. The number of rotatable bonds is 5. The highest BCUT2D eigenvalue weighted by atomic mass is 79.9. The van der Waals surface area contributed by atoms with Crippen LogP contribution in [0.1, 0.15) is 24.3 Å². The van der Waals surface area contributed by atoms with Crippen LogP contribution >= 0.6 is 15.9 Å². The molecule has 110 valence electrons. The van der Waals surface area contributed by atoms with Gasteiger partial charge in [0, 0.05) is 16.7 Å². The van der Waals surface area contributed by atoms with Crippen molar-refractivity contribution in [1.82, 2.24) is 15.3 Å². The molecule has 0 bridgehead atoms. The van der Waals surface area contributed by atoms with Crippen LogP contribution in [0, 0.1) is 5.92 Å². The number of nitrogens with zero attached hydrogens (tertiary/aromatic N) is 2. The lowest BCUT2D eigenvalue weighted by Gasteiger charge is -2.08. The SMILES string of the molecule is CC(C)CNC(=O)c1cnc(Nc2cccc(Br)c2)cn1. The summed E-state index contributed by atoms with van der Waals surface area (Å²) in [7, 11) is 0. The third kappa shape index (κ3) is 4.82. The van der Waals surface area contributed by atoms with E-state index in [1.54, 1.807) is 6.20 Å². The van der Waals surface area contributed by atoms with Crippen LogP contribution in [-0.2, 0) is 0 Å². The molecular formula is C15H17BrN4O. The van der Waals surface area contributed by atoms with Gasteiger partial charge in [-0.15, -0.1) is 0 Å². The Bertz CT molecular complexity index is 613. The van der Waals surface area contributed by atoms with Crippen LogP contribution < -0.4 is 10.6 Å². The minimum atomic E-state index is -0.204. The Morgan fingerprint density at radius 2 is 2.10 bits per heavy atom. The van der Waals surface area contributed by atoms with E-state index in [2.05, 4.69) is 36.5 Å². The molecule has 1 aromatic carbocycles. The normalized spacial score (nSPS) is 10.5. The number of aromatic nitrogens is 2. The number of amides is 1. The van der Waals surface area contributed by atoms with E-state index in [0.29, 0.717) is 24.0 Å². The van der Waals surface area contributed by atoms with E-state index in [1.807, 2.05) is 38.1 Å². The van der Waals surface area contributed by atoms with E-state index in [9.17, 15) is 4.79 Å². The Morgan fingerprint density at radius 3 is 2.71 bits per heavy atom. The molecule has 1 heterocycles. The molecule has 2 N–H and O–H groups in total. The smallest absolute Gasteiger partial charge is 0.271 e. The van der Waals surface area contributed by atoms with Gasteiger partial charge in [0.2, 0.25) is 0 Å². The molecule has 21 heavy (non-hydrogen) atoms. The number of halogens is 1. The van der Waals surface area contributed by atoms with Crippen molar-refractivity contribution in [3.05, 3.63) is 46.8 Å². The van der Waals surface area contributed by atoms with Gasteiger partial charge < -0.3 is 10.6 Å². The zero-order valence-corrected chi connectivity index (χ0v) is 13.5. The summed E-state index contributed by atoms with van der Waals surface area (Å²) in [5.74, 6) is 0.790. The first kappa shape index (κ1) is 15.4. The second-order valence-electron chi connectivity index (χ2n) is 5.03. The molecule has 1 aromatic heterocycles. The van der Waals surface area contributed by atoms with Gasteiger partial charge in [0.05, 0.1) is 12.4 Å². The van der Waals surface area contributed by atoms with Crippen molar-refractivity contribution in [2.75, 3.05) is 11.9 Å². The van der Waals surface area contributed by atoms with Crippen LogP contribution in [0.2, 0.25) is 0 Å². The van der Waals surface area contributed by atoms with Crippen LogP contribution in [-0.4, -0.2) is 22.4 Å². The Balaban J connectivity index is 2.00. The second kappa shape index (κ2) is 7.17. The number of anilines is 2. The Hall–Kier alpha value is -1.95. The zero-order chi connectivity index (χ0) is 15.2. The minimum absolute atomic E-state index is 0.204. The van der Waals surface area contributed by atoms with E-state index in [0.717, 1.165) is 10.2 Å². The molecule has 5 nitrogen and oxygen atoms in total. The van der Waals surface area contributed by atoms with Crippen molar-refractivity contribution in [2.45, 2.75) is 13.8 Å². The lowest BCUT2D eigenvalue weighted by Crippen LogP contribution is -2.28. The topological polar surface area (TPSA) is 66.9 Å². The van der Waals surface area contributed by atoms with E-state index < -0.39 is 0 Å². The fraction of sp³-hybridized carbons (Fsp3) is 0.267. The van der Waals surface area contributed by atoms with Gasteiger partial charge in [-0.1, -0.05) is 35.8 Å². The summed E-state index contributed by atoms with van der Waals surface area (Å²) in [6.07, 6.45) is 3.02. The molecule has 2 aromatic rings. The molecule has 0 saturated heterocycles. The van der Waals surface area contributed by atoms with Crippen LogP contribution in [0.4, 0.5) is 11.5 Å². The Kier molecular flexibility index (Phi) is 5.27. The predicted molar refractivity (Wildman–Crippen MR) is 86.6 cm³/mol. The first-order chi connectivity index (χ1) is 10.0. The maximum absolute atomic E-state index is 11.8. The van der Waals surface area contributed by atoms with Crippen LogP contribution in [0.25, 0.3) is 0 Å². The lowest BCUT2D eigenvalue weighted by atomic mass is 10.2. The predicted octanol–water partition coefficient (Wildman–Crippen LogP) is 3.37.